The van der Waals surface area contributed by atoms with Crippen LogP contribution in [0, 0.1) is 11.6 Å². The summed E-state index contributed by atoms with van der Waals surface area (Å²) in [5, 5.41) is 0. The molecule has 1 amide bonds. The molecule has 0 aliphatic carbocycles. The van der Waals surface area contributed by atoms with Crippen LogP contribution in [0.2, 0.25) is 0 Å². The molecule has 0 bridgehead atoms. The van der Waals surface area contributed by atoms with Crippen molar-refractivity contribution in [1.82, 2.24) is 9.58 Å². The van der Waals surface area contributed by atoms with Crippen molar-refractivity contribution in [2.45, 2.75) is 29.3 Å². The Morgan fingerprint density at radius 1 is 1.16 bits per heavy atom. The number of carbonyl (C=O) groups is 2. The Labute approximate surface area is 248 Å². The van der Waals surface area contributed by atoms with E-state index in [0.717, 1.165) is 23.6 Å². The molecule has 1 unspecified atom stereocenters. The molecule has 3 aliphatic heterocycles. The minimum Gasteiger partial charge on any atom is -0.451 e. The number of pyridine rings is 1. The van der Waals surface area contributed by atoms with Crippen LogP contribution in [0.25, 0.3) is 11.3 Å². The maximum absolute atomic E-state index is 15.3. The van der Waals surface area contributed by atoms with Gasteiger partial charge in [0.25, 0.3) is 5.91 Å². The van der Waals surface area contributed by atoms with Crippen LogP contribution in [0.15, 0.2) is 46.1 Å². The molecule has 1 N–H and O–H groups in total. The normalized spacial score (nSPS) is 18.8. The van der Waals surface area contributed by atoms with Gasteiger partial charge in [0.05, 0.1) is 38.7 Å². The summed E-state index contributed by atoms with van der Waals surface area (Å²) >= 11 is 1.40. The fraction of sp³-hybridized carbons (Fsp3) is 0.345. The lowest BCUT2D eigenvalue weighted by Crippen LogP contribution is -2.62. The van der Waals surface area contributed by atoms with Crippen molar-refractivity contribution in [3.05, 3.63) is 80.6 Å². The molecule has 1 fully saturated rings. The number of fused-ring (bicyclic) bond motifs is 4. The zero-order valence-corrected chi connectivity index (χ0v) is 24.0. The molecule has 0 saturated carbocycles. The summed E-state index contributed by atoms with van der Waals surface area (Å²) in [5.74, 6) is -2.84. The third-order valence-corrected chi connectivity index (χ3v) is 8.64. The van der Waals surface area contributed by atoms with Crippen LogP contribution < -0.4 is 15.6 Å². The van der Waals surface area contributed by atoms with E-state index in [1.165, 1.54) is 34.5 Å². The molecule has 2 atom stereocenters. The van der Waals surface area contributed by atoms with Crippen LogP contribution >= 0.6 is 11.8 Å². The number of nitrogens with one attached hydrogen (secondary N) is 1. The van der Waals surface area contributed by atoms with Gasteiger partial charge in [-0.05, 0) is 29.7 Å². The molecular formula is C29H27F2N3O8S. The van der Waals surface area contributed by atoms with Crippen LogP contribution in [0.4, 0.5) is 13.6 Å². The van der Waals surface area contributed by atoms with E-state index in [2.05, 4.69) is 10.2 Å². The van der Waals surface area contributed by atoms with Gasteiger partial charge >= 0.3 is 6.16 Å². The number of hydrogen-bond donors (Lipinski definition) is 1. The molecule has 3 aromatic rings. The smallest absolute Gasteiger partial charge is 0.451 e. The summed E-state index contributed by atoms with van der Waals surface area (Å²) in [7, 11) is 2.62. The number of ether oxygens (including phenoxy) is 5. The van der Waals surface area contributed by atoms with Gasteiger partial charge in [-0.25, -0.2) is 18.3 Å². The summed E-state index contributed by atoms with van der Waals surface area (Å²) in [6.45, 7) is -0.239. The summed E-state index contributed by atoms with van der Waals surface area (Å²) in [6.07, 6.45) is -1.85. The highest BCUT2D eigenvalue weighted by Crippen LogP contribution is 2.41. The molecule has 226 valence electrons. The van der Waals surface area contributed by atoms with Crippen molar-refractivity contribution >= 4 is 23.8 Å². The van der Waals surface area contributed by atoms with Crippen molar-refractivity contribution in [3.63, 3.8) is 0 Å². The highest BCUT2D eigenvalue weighted by molar-refractivity contribution is 7.98. The Balaban J connectivity index is 1.52. The van der Waals surface area contributed by atoms with Crippen molar-refractivity contribution in [2.75, 3.05) is 46.2 Å². The SMILES string of the molecule is COCC1CN2C(=O)c3c(OCOC(=O)OC)c(=O)cc(-c4cc(F)c(F)c5c4Cc4ccccc4SC5)n3N[C@@H]2CO1. The Morgan fingerprint density at radius 2 is 1.98 bits per heavy atom. The summed E-state index contributed by atoms with van der Waals surface area (Å²) in [4.78, 5) is 41.5. The van der Waals surface area contributed by atoms with Crippen LogP contribution in [-0.4, -0.2) is 74.7 Å². The Kier molecular flexibility index (Phi) is 7.99. The number of halogens is 2. The number of carbonyl (C=O) groups excluding carboxylic acids is 2. The fourth-order valence-electron chi connectivity index (χ4n) is 5.50. The zero-order chi connectivity index (χ0) is 30.2. The third kappa shape index (κ3) is 5.30. The number of rotatable bonds is 6. The lowest BCUT2D eigenvalue weighted by atomic mass is 9.92. The van der Waals surface area contributed by atoms with E-state index in [-0.39, 0.29) is 54.4 Å². The number of methoxy groups -OCH3 is 2. The first-order valence-corrected chi connectivity index (χ1v) is 14.3. The van der Waals surface area contributed by atoms with Gasteiger partial charge in [-0.2, -0.15) is 0 Å². The van der Waals surface area contributed by atoms with E-state index in [1.807, 2.05) is 24.3 Å². The van der Waals surface area contributed by atoms with E-state index in [4.69, 9.17) is 18.9 Å². The molecule has 11 nitrogen and oxygen atoms in total. The van der Waals surface area contributed by atoms with Crippen molar-refractivity contribution in [2.24, 2.45) is 0 Å². The van der Waals surface area contributed by atoms with Gasteiger partial charge in [0.15, 0.2) is 17.3 Å². The van der Waals surface area contributed by atoms with Gasteiger partial charge in [-0.1, -0.05) is 18.2 Å². The molecule has 0 radical (unpaired) electrons. The van der Waals surface area contributed by atoms with Crippen LogP contribution in [-0.2, 0) is 31.1 Å². The zero-order valence-electron chi connectivity index (χ0n) is 23.2. The second-order valence-electron chi connectivity index (χ2n) is 10.0. The molecule has 2 aromatic carbocycles. The molecule has 3 aliphatic rings. The van der Waals surface area contributed by atoms with E-state index in [0.29, 0.717) is 5.56 Å². The Hall–Kier alpha value is -4.14. The van der Waals surface area contributed by atoms with Gasteiger partial charge < -0.3 is 34.0 Å². The minimum atomic E-state index is -1.08. The first kappa shape index (κ1) is 29.0. The average molecular weight is 616 g/mol. The minimum absolute atomic E-state index is 0.0896. The second-order valence-corrected chi connectivity index (χ2v) is 11.0. The Morgan fingerprint density at radius 3 is 2.77 bits per heavy atom. The Bertz CT molecular complexity index is 1670. The predicted octanol–water partition coefficient (Wildman–Crippen LogP) is 3.48. The number of thioether (sulfide) groups is 1. The largest absolute Gasteiger partial charge is 0.510 e. The number of benzene rings is 2. The fourth-order valence-corrected chi connectivity index (χ4v) is 6.60. The van der Waals surface area contributed by atoms with E-state index < -0.39 is 53.9 Å². The highest BCUT2D eigenvalue weighted by atomic mass is 32.2. The number of aromatic nitrogens is 1. The average Bonchev–Trinajstić information content (AvgIpc) is 3.20. The molecule has 1 aromatic heterocycles. The van der Waals surface area contributed by atoms with Crippen molar-refractivity contribution < 1.29 is 42.1 Å². The molecule has 14 heteroatoms. The lowest BCUT2D eigenvalue weighted by Gasteiger charge is -2.44. The first-order chi connectivity index (χ1) is 20.8. The van der Waals surface area contributed by atoms with Gasteiger partial charge in [0.1, 0.15) is 6.17 Å². The number of hydrogen-bond acceptors (Lipinski definition) is 10. The van der Waals surface area contributed by atoms with E-state index in [1.54, 1.807) is 0 Å². The quantitative estimate of drug-likeness (QED) is 0.326. The van der Waals surface area contributed by atoms with E-state index in [9.17, 15) is 14.4 Å². The summed E-state index contributed by atoms with van der Waals surface area (Å²) < 4.78 is 57.6. The molecule has 0 spiro atoms. The van der Waals surface area contributed by atoms with Gasteiger partial charge in [0, 0.05) is 35.0 Å². The molecule has 4 heterocycles. The van der Waals surface area contributed by atoms with Gasteiger partial charge in [0.2, 0.25) is 18.0 Å². The number of morpholine rings is 1. The summed E-state index contributed by atoms with van der Waals surface area (Å²) in [6, 6.07) is 9.80. The van der Waals surface area contributed by atoms with Gasteiger partial charge in [-0.3, -0.25) is 9.59 Å². The second kappa shape index (κ2) is 11.9. The first-order valence-electron chi connectivity index (χ1n) is 13.3. The monoisotopic (exact) mass is 615 g/mol. The van der Waals surface area contributed by atoms with Crippen molar-refractivity contribution in [1.29, 1.82) is 0 Å². The highest BCUT2D eigenvalue weighted by Gasteiger charge is 2.41. The molecule has 1 saturated heterocycles. The maximum Gasteiger partial charge on any atom is 0.510 e. The summed E-state index contributed by atoms with van der Waals surface area (Å²) in [5.41, 5.74) is 4.22. The molecule has 43 heavy (non-hydrogen) atoms. The van der Waals surface area contributed by atoms with Crippen LogP contribution in [0.3, 0.4) is 0 Å². The van der Waals surface area contributed by atoms with E-state index >= 15 is 8.78 Å². The topological polar surface area (TPSA) is 118 Å². The third-order valence-electron chi connectivity index (χ3n) is 7.50. The van der Waals surface area contributed by atoms with Crippen LogP contribution in [0.5, 0.6) is 5.75 Å². The number of nitrogens with zero attached hydrogens (tertiary/aromatic N) is 2. The number of amides is 1. The molecular weight excluding hydrogens is 588 g/mol. The predicted molar refractivity (Wildman–Crippen MR) is 150 cm³/mol. The van der Waals surface area contributed by atoms with Crippen LogP contribution in [0.1, 0.15) is 27.2 Å². The van der Waals surface area contributed by atoms with Crippen molar-refractivity contribution in [3.8, 4) is 17.0 Å². The molecule has 6 rings (SSSR count). The maximum atomic E-state index is 15.3. The standard InChI is InChI=1S/C29H27F2N3O8S/c1-38-11-16-10-33-24(12-40-16)32-34-21(9-22(35)27(26(34)28(33)36)41-14-42-29(37)39-2)18-8-20(30)25(31)19-13-43-23-6-4-3-5-15(23)7-17(18)19/h3-6,8-9,16,24,32H,7,10-14H2,1-2H3/t16?,24-/m0/s1. The van der Waals surface area contributed by atoms with Gasteiger partial charge in [-0.15, -0.1) is 11.8 Å². The lowest BCUT2D eigenvalue weighted by molar-refractivity contribution is -0.0768.